The Labute approximate surface area is 124 Å². The molecule has 1 aromatic carbocycles. The number of benzene rings is 1. The lowest BCUT2D eigenvalue weighted by Crippen LogP contribution is -2.29. The number of hydrogen-bond acceptors (Lipinski definition) is 5. The van der Waals surface area contributed by atoms with Crippen LogP contribution in [0.1, 0.15) is 24.5 Å². The van der Waals surface area contributed by atoms with Gasteiger partial charge in [0.2, 0.25) is 5.88 Å². The summed E-state index contributed by atoms with van der Waals surface area (Å²) >= 11 is 0. The highest BCUT2D eigenvalue weighted by Crippen LogP contribution is 2.30. The van der Waals surface area contributed by atoms with Crippen LogP contribution in [0.3, 0.4) is 0 Å². The van der Waals surface area contributed by atoms with Crippen LogP contribution in [0.5, 0.6) is 17.4 Å². The van der Waals surface area contributed by atoms with E-state index in [0.29, 0.717) is 11.8 Å². The van der Waals surface area contributed by atoms with Crippen molar-refractivity contribution in [2.24, 2.45) is 0 Å². The van der Waals surface area contributed by atoms with Crippen LogP contribution in [-0.4, -0.2) is 30.2 Å². The van der Waals surface area contributed by atoms with Gasteiger partial charge in [0.05, 0.1) is 7.11 Å². The maximum Gasteiger partial charge on any atom is 0.241 e. The van der Waals surface area contributed by atoms with Gasteiger partial charge in [0.15, 0.2) is 0 Å². The summed E-state index contributed by atoms with van der Waals surface area (Å²) in [6.45, 7) is 2.00. The van der Waals surface area contributed by atoms with Crippen molar-refractivity contribution in [3.8, 4) is 17.4 Å². The Balaban J connectivity index is 1.80. The molecular weight excluding hydrogens is 266 g/mol. The monoisotopic (exact) mass is 285 g/mol. The van der Waals surface area contributed by atoms with Gasteiger partial charge in [-0.2, -0.15) is 0 Å². The number of aromatic nitrogens is 2. The van der Waals surface area contributed by atoms with E-state index in [1.54, 1.807) is 19.5 Å². The second-order valence-electron chi connectivity index (χ2n) is 5.07. The number of hydrogen-bond donors (Lipinski definition) is 1. The fourth-order valence-corrected chi connectivity index (χ4v) is 2.54. The lowest BCUT2D eigenvalue weighted by atomic mass is 9.96. The van der Waals surface area contributed by atoms with Crippen LogP contribution in [0.25, 0.3) is 0 Å². The van der Waals surface area contributed by atoms with Gasteiger partial charge in [0.1, 0.15) is 17.2 Å². The first-order valence-corrected chi connectivity index (χ1v) is 7.20. The van der Waals surface area contributed by atoms with Gasteiger partial charge in [-0.05, 0) is 43.7 Å². The third-order valence-electron chi connectivity index (χ3n) is 3.65. The molecule has 1 atom stereocenters. The third-order valence-corrected chi connectivity index (χ3v) is 3.65. The van der Waals surface area contributed by atoms with E-state index < -0.39 is 0 Å². The summed E-state index contributed by atoms with van der Waals surface area (Å²) < 4.78 is 11.1. The zero-order valence-electron chi connectivity index (χ0n) is 12.1. The van der Waals surface area contributed by atoms with Gasteiger partial charge in [-0.1, -0.05) is 0 Å². The lowest BCUT2D eigenvalue weighted by Gasteiger charge is -2.23. The fraction of sp³-hybridized carbons (Fsp3) is 0.375. The summed E-state index contributed by atoms with van der Waals surface area (Å²) in [6.07, 6.45) is 5.66. The highest BCUT2D eigenvalue weighted by atomic mass is 16.5. The summed E-state index contributed by atoms with van der Waals surface area (Å²) in [5, 5.41) is 3.40. The van der Waals surface area contributed by atoms with Gasteiger partial charge in [-0.3, -0.25) is 4.98 Å². The largest absolute Gasteiger partial charge is 0.497 e. The molecule has 0 amide bonds. The predicted molar refractivity (Wildman–Crippen MR) is 79.9 cm³/mol. The van der Waals surface area contributed by atoms with E-state index >= 15 is 0 Å². The molecule has 3 rings (SSSR count). The fourth-order valence-electron chi connectivity index (χ4n) is 2.54. The maximum atomic E-state index is 5.91. The molecule has 5 heteroatoms. The highest BCUT2D eigenvalue weighted by molar-refractivity contribution is 5.35. The minimum absolute atomic E-state index is 0.362. The van der Waals surface area contributed by atoms with Crippen LogP contribution >= 0.6 is 0 Å². The normalized spacial score (nSPS) is 18.2. The molecule has 1 fully saturated rings. The Morgan fingerprint density at radius 1 is 1.10 bits per heavy atom. The number of piperidine rings is 1. The molecule has 2 heterocycles. The zero-order chi connectivity index (χ0) is 14.5. The van der Waals surface area contributed by atoms with E-state index in [9.17, 15) is 0 Å². The second-order valence-corrected chi connectivity index (χ2v) is 5.07. The third kappa shape index (κ3) is 3.31. The first-order chi connectivity index (χ1) is 10.4. The Kier molecular flexibility index (Phi) is 4.31. The molecular formula is C16H19N3O2. The van der Waals surface area contributed by atoms with Crippen LogP contribution in [0.4, 0.5) is 0 Å². The molecule has 0 aliphatic carbocycles. The van der Waals surface area contributed by atoms with Crippen molar-refractivity contribution < 1.29 is 9.47 Å². The number of rotatable bonds is 4. The summed E-state index contributed by atoms with van der Waals surface area (Å²) in [7, 11) is 1.65. The van der Waals surface area contributed by atoms with Crippen molar-refractivity contribution in [3.63, 3.8) is 0 Å². The molecule has 1 saturated heterocycles. The minimum atomic E-state index is 0.362. The number of nitrogens with zero attached hydrogens (tertiary/aromatic N) is 2. The molecule has 0 radical (unpaired) electrons. The lowest BCUT2D eigenvalue weighted by molar-refractivity contribution is 0.404. The van der Waals surface area contributed by atoms with E-state index in [2.05, 4.69) is 15.3 Å². The van der Waals surface area contributed by atoms with E-state index in [1.165, 1.54) is 0 Å². The Morgan fingerprint density at radius 3 is 2.57 bits per heavy atom. The number of ether oxygens (including phenoxy) is 2. The van der Waals surface area contributed by atoms with Gasteiger partial charge in [-0.15, -0.1) is 0 Å². The van der Waals surface area contributed by atoms with E-state index in [-0.39, 0.29) is 0 Å². The van der Waals surface area contributed by atoms with Crippen LogP contribution in [-0.2, 0) is 0 Å². The zero-order valence-corrected chi connectivity index (χ0v) is 12.1. The van der Waals surface area contributed by atoms with E-state index in [4.69, 9.17) is 9.47 Å². The van der Waals surface area contributed by atoms with E-state index in [0.717, 1.165) is 43.1 Å². The average Bonchev–Trinajstić information content (AvgIpc) is 2.57. The number of nitrogens with one attached hydrogen (secondary N) is 1. The topological polar surface area (TPSA) is 56.3 Å². The van der Waals surface area contributed by atoms with E-state index in [1.807, 2.05) is 24.3 Å². The van der Waals surface area contributed by atoms with Crippen molar-refractivity contribution in [2.45, 2.75) is 18.8 Å². The highest BCUT2D eigenvalue weighted by Gasteiger charge is 2.21. The van der Waals surface area contributed by atoms with Crippen molar-refractivity contribution in [1.82, 2.24) is 15.3 Å². The Bertz CT molecular complexity index is 580. The predicted octanol–water partition coefficient (Wildman–Crippen LogP) is 2.74. The molecule has 5 nitrogen and oxygen atoms in total. The molecule has 1 N–H and O–H groups in total. The molecule has 0 saturated carbocycles. The summed E-state index contributed by atoms with van der Waals surface area (Å²) in [6, 6.07) is 7.48. The van der Waals surface area contributed by atoms with Gasteiger partial charge in [0.25, 0.3) is 0 Å². The van der Waals surface area contributed by atoms with Crippen LogP contribution in [0.2, 0.25) is 0 Å². The van der Waals surface area contributed by atoms with Crippen molar-refractivity contribution in [2.75, 3.05) is 20.2 Å². The van der Waals surface area contributed by atoms with Crippen molar-refractivity contribution >= 4 is 0 Å². The Morgan fingerprint density at radius 2 is 1.86 bits per heavy atom. The van der Waals surface area contributed by atoms with Crippen molar-refractivity contribution in [3.05, 3.63) is 42.4 Å². The summed E-state index contributed by atoms with van der Waals surface area (Å²) in [5.41, 5.74) is 0.931. The molecule has 21 heavy (non-hydrogen) atoms. The molecule has 110 valence electrons. The van der Waals surface area contributed by atoms with Crippen molar-refractivity contribution in [1.29, 1.82) is 0 Å². The second kappa shape index (κ2) is 6.54. The molecule has 0 spiro atoms. The van der Waals surface area contributed by atoms with Gasteiger partial charge < -0.3 is 14.8 Å². The SMILES string of the molecule is COc1ccc(Oc2nccnc2C2CCCNC2)cc1. The first kappa shape index (κ1) is 13.8. The molecule has 0 bridgehead atoms. The molecule has 2 aromatic rings. The van der Waals surface area contributed by atoms with Gasteiger partial charge >= 0.3 is 0 Å². The standard InChI is InChI=1S/C16H19N3O2/c1-20-13-4-6-14(7-5-13)21-16-15(18-9-10-19-16)12-3-2-8-17-11-12/h4-7,9-10,12,17H,2-3,8,11H2,1H3. The van der Waals surface area contributed by atoms with Crippen LogP contribution in [0, 0.1) is 0 Å². The molecule has 1 aliphatic heterocycles. The molecule has 1 unspecified atom stereocenters. The molecule has 1 aromatic heterocycles. The molecule has 1 aliphatic rings. The Hall–Kier alpha value is -2.14. The quantitative estimate of drug-likeness (QED) is 0.936. The maximum absolute atomic E-state index is 5.91. The first-order valence-electron chi connectivity index (χ1n) is 7.20. The van der Waals surface area contributed by atoms with Crippen LogP contribution < -0.4 is 14.8 Å². The minimum Gasteiger partial charge on any atom is -0.497 e. The van der Waals surface area contributed by atoms with Crippen LogP contribution in [0.15, 0.2) is 36.7 Å². The summed E-state index contributed by atoms with van der Waals surface area (Å²) in [5.74, 6) is 2.50. The smallest absolute Gasteiger partial charge is 0.241 e. The average molecular weight is 285 g/mol. The summed E-state index contributed by atoms with van der Waals surface area (Å²) in [4.78, 5) is 8.83. The van der Waals surface area contributed by atoms with Gasteiger partial charge in [-0.25, -0.2) is 4.98 Å². The number of methoxy groups -OCH3 is 1. The van der Waals surface area contributed by atoms with Gasteiger partial charge in [0, 0.05) is 24.9 Å².